The highest BCUT2D eigenvalue weighted by Crippen LogP contribution is 2.29. The number of hydrogen-bond acceptors (Lipinski definition) is 7. The monoisotopic (exact) mass is 350 g/mol. The number of H-pyrrole nitrogens is 1. The van der Waals surface area contributed by atoms with Crippen molar-refractivity contribution in [3.8, 4) is 5.75 Å². The third-order valence-corrected chi connectivity index (χ3v) is 3.51. The Morgan fingerprint density at radius 1 is 1.46 bits per heavy atom. The van der Waals surface area contributed by atoms with Crippen molar-refractivity contribution in [2.75, 3.05) is 18.7 Å². The summed E-state index contributed by atoms with van der Waals surface area (Å²) in [6.45, 7) is 0. The van der Waals surface area contributed by atoms with Crippen LogP contribution >= 0.6 is 11.8 Å². The highest BCUT2D eigenvalue weighted by Gasteiger charge is 2.16. The molecule has 126 valence electrons. The smallest absolute Gasteiger partial charge is 0.274 e. The van der Waals surface area contributed by atoms with Gasteiger partial charge in [0.05, 0.1) is 29.5 Å². The van der Waals surface area contributed by atoms with E-state index in [4.69, 9.17) is 4.74 Å². The number of thioether (sulfide) groups is 1. The van der Waals surface area contributed by atoms with Gasteiger partial charge in [-0.3, -0.25) is 19.7 Å². The van der Waals surface area contributed by atoms with Gasteiger partial charge >= 0.3 is 0 Å². The van der Waals surface area contributed by atoms with Gasteiger partial charge in [0, 0.05) is 12.1 Å². The van der Waals surface area contributed by atoms with Crippen molar-refractivity contribution >= 4 is 29.0 Å². The number of nitro groups is 1. The summed E-state index contributed by atoms with van der Waals surface area (Å²) in [5.74, 6) is 0.357. The zero-order chi connectivity index (χ0) is 17.7. The molecule has 2 rings (SSSR count). The summed E-state index contributed by atoms with van der Waals surface area (Å²) >= 11 is 1.45. The average Bonchev–Trinajstić information content (AvgIpc) is 2.54. The zero-order valence-electron chi connectivity index (χ0n) is 12.9. The van der Waals surface area contributed by atoms with E-state index in [2.05, 4.69) is 15.3 Å². The molecule has 0 atom stereocenters. The largest absolute Gasteiger partial charge is 0.494 e. The molecule has 0 radical (unpaired) electrons. The Morgan fingerprint density at radius 2 is 2.21 bits per heavy atom. The van der Waals surface area contributed by atoms with Gasteiger partial charge in [-0.1, -0.05) is 0 Å². The Labute approximate surface area is 140 Å². The van der Waals surface area contributed by atoms with Gasteiger partial charge in [0.1, 0.15) is 17.3 Å². The van der Waals surface area contributed by atoms with Gasteiger partial charge in [-0.25, -0.2) is 4.98 Å². The molecule has 0 aliphatic carbocycles. The number of amides is 1. The molecule has 24 heavy (non-hydrogen) atoms. The van der Waals surface area contributed by atoms with E-state index in [0.29, 0.717) is 11.6 Å². The van der Waals surface area contributed by atoms with E-state index in [9.17, 15) is 19.7 Å². The number of carbonyl (C=O) groups excluding carboxylic acids is 1. The second-order valence-corrected chi connectivity index (χ2v) is 5.47. The van der Waals surface area contributed by atoms with E-state index in [1.54, 1.807) is 0 Å². The Kier molecular flexibility index (Phi) is 5.53. The zero-order valence-corrected chi connectivity index (χ0v) is 13.7. The number of nitro benzene ring substituents is 1. The van der Waals surface area contributed by atoms with Crippen molar-refractivity contribution in [2.24, 2.45) is 0 Å². The van der Waals surface area contributed by atoms with Crippen LogP contribution in [-0.2, 0) is 5.75 Å². The molecule has 1 heterocycles. The van der Waals surface area contributed by atoms with Crippen LogP contribution in [0.4, 0.5) is 11.4 Å². The predicted molar refractivity (Wildman–Crippen MR) is 89.7 cm³/mol. The molecule has 9 nitrogen and oxygen atoms in total. The number of methoxy groups -OCH3 is 1. The number of rotatable bonds is 6. The molecule has 1 aromatic carbocycles. The highest BCUT2D eigenvalue weighted by molar-refractivity contribution is 7.97. The molecule has 1 aromatic heterocycles. The molecule has 0 saturated carbocycles. The molecule has 2 N–H and O–H groups in total. The van der Waals surface area contributed by atoms with Crippen molar-refractivity contribution in [1.82, 2.24) is 9.97 Å². The first-order valence-corrected chi connectivity index (χ1v) is 8.07. The fourth-order valence-corrected chi connectivity index (χ4v) is 2.32. The Morgan fingerprint density at radius 3 is 2.83 bits per heavy atom. The molecule has 2 aromatic rings. The molecule has 1 amide bonds. The lowest BCUT2D eigenvalue weighted by atomic mass is 10.2. The lowest BCUT2D eigenvalue weighted by molar-refractivity contribution is -0.384. The SMILES string of the molecule is COc1cc([N+](=O)[O-])ccc1NC(=O)c1cc(=O)[nH]c(CSC)n1. The molecule has 0 saturated heterocycles. The number of nitrogens with one attached hydrogen (secondary N) is 2. The first-order chi connectivity index (χ1) is 11.4. The van der Waals surface area contributed by atoms with Crippen molar-refractivity contribution in [3.63, 3.8) is 0 Å². The van der Waals surface area contributed by atoms with E-state index >= 15 is 0 Å². The van der Waals surface area contributed by atoms with E-state index < -0.39 is 16.4 Å². The lowest BCUT2D eigenvalue weighted by Gasteiger charge is -2.10. The first-order valence-electron chi connectivity index (χ1n) is 6.67. The van der Waals surface area contributed by atoms with Gasteiger partial charge in [-0.05, 0) is 12.3 Å². The van der Waals surface area contributed by atoms with Crippen LogP contribution in [0.2, 0.25) is 0 Å². The number of benzene rings is 1. The van der Waals surface area contributed by atoms with Gasteiger partial charge in [-0.2, -0.15) is 11.8 Å². The Balaban J connectivity index is 2.29. The second kappa shape index (κ2) is 7.59. The molecule has 10 heteroatoms. The van der Waals surface area contributed by atoms with Crippen molar-refractivity contribution < 1.29 is 14.5 Å². The lowest BCUT2D eigenvalue weighted by Crippen LogP contribution is -2.20. The summed E-state index contributed by atoms with van der Waals surface area (Å²) in [4.78, 5) is 40.7. The quantitative estimate of drug-likeness (QED) is 0.600. The molecule has 0 fully saturated rings. The van der Waals surface area contributed by atoms with Crippen LogP contribution in [-0.4, -0.2) is 34.2 Å². The maximum absolute atomic E-state index is 12.3. The van der Waals surface area contributed by atoms with E-state index in [0.717, 1.165) is 6.07 Å². The average molecular weight is 350 g/mol. The maximum Gasteiger partial charge on any atom is 0.274 e. The van der Waals surface area contributed by atoms with Crippen LogP contribution < -0.4 is 15.6 Å². The van der Waals surface area contributed by atoms with Gasteiger partial charge in [0.2, 0.25) is 0 Å². The summed E-state index contributed by atoms with van der Waals surface area (Å²) in [7, 11) is 1.33. The number of aromatic amines is 1. The minimum atomic E-state index is -0.615. The summed E-state index contributed by atoms with van der Waals surface area (Å²) in [6.07, 6.45) is 1.84. The van der Waals surface area contributed by atoms with Crippen molar-refractivity contribution in [1.29, 1.82) is 0 Å². The molecule has 0 spiro atoms. The third-order valence-electron chi connectivity index (χ3n) is 2.95. The van der Waals surface area contributed by atoms with Crippen LogP contribution in [0.15, 0.2) is 29.1 Å². The van der Waals surface area contributed by atoms with Gasteiger partial charge in [-0.15, -0.1) is 0 Å². The standard InChI is InChI=1S/C14H14N4O5S/c1-23-11-5-8(18(21)22)3-4-9(11)16-14(20)10-6-13(19)17-12(15-10)7-24-2/h3-6H,7H2,1-2H3,(H,16,20)(H,15,17,19). The van der Waals surface area contributed by atoms with Gasteiger partial charge in [0.15, 0.2) is 0 Å². The number of ether oxygens (including phenoxy) is 1. The second-order valence-electron chi connectivity index (χ2n) is 4.61. The van der Waals surface area contributed by atoms with Crippen LogP contribution in [0.1, 0.15) is 16.3 Å². The topological polar surface area (TPSA) is 127 Å². The molecule has 0 aliphatic heterocycles. The van der Waals surface area contributed by atoms with Crippen molar-refractivity contribution in [2.45, 2.75) is 5.75 Å². The van der Waals surface area contributed by atoms with E-state index in [1.165, 1.54) is 37.1 Å². The minimum Gasteiger partial charge on any atom is -0.494 e. The summed E-state index contributed by atoms with van der Waals surface area (Å²) < 4.78 is 5.05. The number of carbonyl (C=O) groups is 1. The first kappa shape index (κ1) is 17.5. The minimum absolute atomic E-state index is 0.0526. The summed E-state index contributed by atoms with van der Waals surface area (Å²) in [5.41, 5.74) is -0.416. The third kappa shape index (κ3) is 4.10. The Bertz CT molecular complexity index is 836. The summed E-state index contributed by atoms with van der Waals surface area (Å²) in [6, 6.07) is 4.87. The number of hydrogen-bond donors (Lipinski definition) is 2. The van der Waals surface area contributed by atoms with Crippen LogP contribution in [0.25, 0.3) is 0 Å². The molecule has 0 aliphatic rings. The Hall–Kier alpha value is -2.88. The van der Waals surface area contributed by atoms with Crippen LogP contribution in [0.3, 0.4) is 0 Å². The maximum atomic E-state index is 12.3. The molecule has 0 bridgehead atoms. The fraction of sp³-hybridized carbons (Fsp3) is 0.214. The normalized spacial score (nSPS) is 10.2. The number of aromatic nitrogens is 2. The summed E-state index contributed by atoms with van der Waals surface area (Å²) in [5, 5.41) is 13.3. The van der Waals surface area contributed by atoms with Crippen LogP contribution in [0.5, 0.6) is 5.75 Å². The number of nitrogens with zero attached hydrogens (tertiary/aromatic N) is 2. The highest BCUT2D eigenvalue weighted by atomic mass is 32.2. The van der Waals surface area contributed by atoms with E-state index in [1.807, 2.05) is 6.26 Å². The van der Waals surface area contributed by atoms with Gasteiger partial charge in [0.25, 0.3) is 17.2 Å². The molecular formula is C14H14N4O5S. The van der Waals surface area contributed by atoms with Gasteiger partial charge < -0.3 is 15.0 Å². The number of anilines is 1. The number of non-ortho nitro benzene ring substituents is 1. The predicted octanol–water partition coefficient (Wildman–Crippen LogP) is 1.80. The molecular weight excluding hydrogens is 336 g/mol. The fourth-order valence-electron chi connectivity index (χ4n) is 1.91. The van der Waals surface area contributed by atoms with Crippen molar-refractivity contribution in [3.05, 3.63) is 56.3 Å². The van der Waals surface area contributed by atoms with E-state index in [-0.39, 0.29) is 22.8 Å². The van der Waals surface area contributed by atoms with Crippen LogP contribution in [0, 0.1) is 10.1 Å². The molecule has 0 unspecified atom stereocenters.